The molecule has 0 bridgehead atoms. The summed E-state index contributed by atoms with van der Waals surface area (Å²) in [6.45, 7) is 9.98. The lowest BCUT2D eigenvalue weighted by molar-refractivity contribution is -0.123. The highest BCUT2D eigenvalue weighted by molar-refractivity contribution is 7.89. The maximum Gasteiger partial charge on any atom is 0.261 e. The number of amides is 2. The van der Waals surface area contributed by atoms with Gasteiger partial charge in [0.15, 0.2) is 0 Å². The van der Waals surface area contributed by atoms with Gasteiger partial charge in [-0.15, -0.1) is 11.3 Å². The number of sulfonamides is 1. The molecular weight excluding hydrogens is 446 g/mol. The maximum absolute atomic E-state index is 12.9. The molecule has 0 spiro atoms. The molecule has 1 aliphatic heterocycles. The highest BCUT2D eigenvalue weighted by Crippen LogP contribution is 2.29. The molecule has 7 nitrogen and oxygen atoms in total. The molecule has 0 aliphatic carbocycles. The number of nitrogens with one attached hydrogen (secondary N) is 2. The van der Waals surface area contributed by atoms with E-state index in [2.05, 4.69) is 10.6 Å². The summed E-state index contributed by atoms with van der Waals surface area (Å²) >= 11 is 1.25. The summed E-state index contributed by atoms with van der Waals surface area (Å²) in [6, 6.07) is 8.56. The lowest BCUT2D eigenvalue weighted by Crippen LogP contribution is -2.46. The van der Waals surface area contributed by atoms with E-state index in [-0.39, 0.29) is 17.9 Å². The summed E-state index contributed by atoms with van der Waals surface area (Å²) in [5.41, 5.74) is 1.29. The molecule has 2 heterocycles. The molecule has 1 aliphatic rings. The third-order valence-corrected chi connectivity index (χ3v) is 8.55. The van der Waals surface area contributed by atoms with Gasteiger partial charge in [-0.2, -0.15) is 4.31 Å². The van der Waals surface area contributed by atoms with Gasteiger partial charge in [-0.1, -0.05) is 38.5 Å². The molecule has 2 amide bonds. The standard InChI is InChI=1S/C23H31N3O4S2/c1-15-6-8-18(9-7-15)32(29,30)26-12-10-17(11-13-26)24-21(27)20-16(2)14-19(31-20)25-22(28)23(3,4)5/h6-9,14,17H,10-13H2,1-5H3,(H,24,27)(H,25,28). The summed E-state index contributed by atoms with van der Waals surface area (Å²) in [5, 5.41) is 6.54. The predicted molar refractivity (Wildman–Crippen MR) is 128 cm³/mol. The van der Waals surface area contributed by atoms with Crippen LogP contribution in [0.15, 0.2) is 35.2 Å². The molecule has 1 aromatic carbocycles. The SMILES string of the molecule is Cc1ccc(S(=O)(=O)N2CCC(NC(=O)c3sc(NC(=O)C(C)(C)C)cc3C)CC2)cc1. The van der Waals surface area contributed by atoms with E-state index in [4.69, 9.17) is 0 Å². The van der Waals surface area contributed by atoms with Crippen molar-refractivity contribution in [3.05, 3.63) is 46.3 Å². The van der Waals surface area contributed by atoms with Gasteiger partial charge in [0.05, 0.1) is 14.8 Å². The fourth-order valence-electron chi connectivity index (χ4n) is 3.42. The Balaban J connectivity index is 1.59. The van der Waals surface area contributed by atoms with Gasteiger partial charge in [0.1, 0.15) is 0 Å². The molecular formula is C23H31N3O4S2. The minimum Gasteiger partial charge on any atom is -0.349 e. The zero-order valence-corrected chi connectivity index (χ0v) is 20.8. The van der Waals surface area contributed by atoms with Crippen molar-refractivity contribution in [2.24, 2.45) is 5.41 Å². The van der Waals surface area contributed by atoms with Crippen molar-refractivity contribution in [1.29, 1.82) is 0 Å². The number of hydrogen-bond donors (Lipinski definition) is 2. The number of aryl methyl sites for hydroxylation is 2. The summed E-state index contributed by atoms with van der Waals surface area (Å²) in [6.07, 6.45) is 1.10. The van der Waals surface area contributed by atoms with Crippen LogP contribution in [0.25, 0.3) is 0 Å². The van der Waals surface area contributed by atoms with E-state index < -0.39 is 15.4 Å². The minimum atomic E-state index is -3.53. The molecule has 1 saturated heterocycles. The van der Waals surface area contributed by atoms with Gasteiger partial charge in [-0.25, -0.2) is 8.42 Å². The second-order valence-corrected chi connectivity index (χ2v) is 12.3. The number of nitrogens with zero attached hydrogens (tertiary/aromatic N) is 1. The Morgan fingerprint density at radius 2 is 1.66 bits per heavy atom. The van der Waals surface area contributed by atoms with Crippen LogP contribution in [0.2, 0.25) is 0 Å². The van der Waals surface area contributed by atoms with Crippen molar-refractivity contribution >= 4 is 38.2 Å². The minimum absolute atomic E-state index is 0.0962. The van der Waals surface area contributed by atoms with Crippen molar-refractivity contribution in [2.75, 3.05) is 18.4 Å². The van der Waals surface area contributed by atoms with E-state index in [0.29, 0.717) is 40.7 Å². The van der Waals surface area contributed by atoms with E-state index in [0.717, 1.165) is 11.1 Å². The van der Waals surface area contributed by atoms with Crippen molar-refractivity contribution in [2.45, 2.75) is 58.4 Å². The van der Waals surface area contributed by atoms with Crippen LogP contribution in [-0.4, -0.2) is 43.7 Å². The van der Waals surface area contributed by atoms with Gasteiger partial charge in [-0.05, 0) is 50.5 Å². The molecule has 0 unspecified atom stereocenters. The van der Waals surface area contributed by atoms with Crippen molar-refractivity contribution in [3.63, 3.8) is 0 Å². The quantitative estimate of drug-likeness (QED) is 0.682. The first-order valence-electron chi connectivity index (χ1n) is 10.7. The van der Waals surface area contributed by atoms with Crippen LogP contribution >= 0.6 is 11.3 Å². The normalized spacial score (nSPS) is 16.0. The number of hydrogen-bond acceptors (Lipinski definition) is 5. The zero-order valence-electron chi connectivity index (χ0n) is 19.2. The lowest BCUT2D eigenvalue weighted by Gasteiger charge is -2.31. The molecule has 174 valence electrons. The number of rotatable bonds is 5. The van der Waals surface area contributed by atoms with E-state index in [1.165, 1.54) is 15.6 Å². The van der Waals surface area contributed by atoms with Crippen LogP contribution in [0.5, 0.6) is 0 Å². The van der Waals surface area contributed by atoms with Gasteiger partial charge < -0.3 is 10.6 Å². The molecule has 0 saturated carbocycles. The van der Waals surface area contributed by atoms with E-state index in [9.17, 15) is 18.0 Å². The molecule has 2 N–H and O–H groups in total. The monoisotopic (exact) mass is 477 g/mol. The number of anilines is 1. The molecule has 9 heteroatoms. The second kappa shape index (κ2) is 9.33. The summed E-state index contributed by atoms with van der Waals surface area (Å²) < 4.78 is 27.2. The fourth-order valence-corrected chi connectivity index (χ4v) is 5.86. The number of thiophene rings is 1. The average molecular weight is 478 g/mol. The van der Waals surface area contributed by atoms with Gasteiger partial charge >= 0.3 is 0 Å². The van der Waals surface area contributed by atoms with Crippen molar-refractivity contribution < 1.29 is 18.0 Å². The summed E-state index contributed by atoms with van der Waals surface area (Å²) in [5.74, 6) is -0.295. The highest BCUT2D eigenvalue weighted by atomic mass is 32.2. The van der Waals surface area contributed by atoms with E-state index in [1.807, 2.05) is 34.6 Å². The van der Waals surface area contributed by atoms with Gasteiger partial charge in [0.2, 0.25) is 15.9 Å². The average Bonchev–Trinajstić information content (AvgIpc) is 3.08. The first kappa shape index (κ1) is 24.4. The van der Waals surface area contributed by atoms with E-state index in [1.54, 1.807) is 30.3 Å². The Morgan fingerprint density at radius 1 is 1.06 bits per heavy atom. The molecule has 2 aromatic rings. The van der Waals surface area contributed by atoms with Gasteiger partial charge in [0.25, 0.3) is 5.91 Å². The molecule has 0 atom stereocenters. The molecule has 1 fully saturated rings. The second-order valence-electron chi connectivity index (χ2n) is 9.29. The molecule has 32 heavy (non-hydrogen) atoms. The molecule has 0 radical (unpaired) electrons. The Kier molecular flexibility index (Phi) is 7.12. The Labute approximate surface area is 194 Å². The topological polar surface area (TPSA) is 95.6 Å². The smallest absolute Gasteiger partial charge is 0.261 e. The van der Waals surface area contributed by atoms with Crippen LogP contribution in [0.1, 0.15) is 54.4 Å². The zero-order chi connectivity index (χ0) is 23.7. The Hall–Kier alpha value is -2.23. The number of benzene rings is 1. The largest absolute Gasteiger partial charge is 0.349 e. The molecule has 1 aromatic heterocycles. The van der Waals surface area contributed by atoms with E-state index >= 15 is 0 Å². The van der Waals surface area contributed by atoms with Crippen molar-refractivity contribution in [1.82, 2.24) is 9.62 Å². The Bertz CT molecular complexity index is 1090. The molecule has 3 rings (SSSR count). The van der Waals surface area contributed by atoms with Gasteiger partial charge in [-0.3, -0.25) is 9.59 Å². The third kappa shape index (κ3) is 5.57. The van der Waals surface area contributed by atoms with Crippen LogP contribution in [0.3, 0.4) is 0 Å². The number of carbonyl (C=O) groups excluding carboxylic acids is 2. The highest BCUT2D eigenvalue weighted by Gasteiger charge is 2.30. The first-order chi connectivity index (χ1) is 14.9. The fraction of sp³-hybridized carbons (Fsp3) is 0.478. The predicted octanol–water partition coefficient (Wildman–Crippen LogP) is 3.93. The van der Waals surface area contributed by atoms with Crippen LogP contribution in [0, 0.1) is 19.3 Å². The summed E-state index contributed by atoms with van der Waals surface area (Å²) in [7, 11) is -3.53. The maximum atomic E-state index is 12.9. The van der Waals surface area contributed by atoms with Crippen LogP contribution < -0.4 is 10.6 Å². The number of carbonyl (C=O) groups is 2. The van der Waals surface area contributed by atoms with Crippen LogP contribution in [-0.2, 0) is 14.8 Å². The Morgan fingerprint density at radius 3 is 2.22 bits per heavy atom. The lowest BCUT2D eigenvalue weighted by atomic mass is 9.96. The first-order valence-corrected chi connectivity index (χ1v) is 12.9. The van der Waals surface area contributed by atoms with Crippen molar-refractivity contribution in [3.8, 4) is 0 Å². The third-order valence-electron chi connectivity index (χ3n) is 5.49. The van der Waals surface area contributed by atoms with Crippen LogP contribution in [0.4, 0.5) is 5.00 Å². The summed E-state index contributed by atoms with van der Waals surface area (Å²) in [4.78, 5) is 25.9. The number of piperidine rings is 1. The van der Waals surface area contributed by atoms with Gasteiger partial charge in [0, 0.05) is 24.5 Å².